The van der Waals surface area contributed by atoms with E-state index in [1.807, 2.05) is 71.1 Å². The van der Waals surface area contributed by atoms with Crippen molar-refractivity contribution in [3.8, 4) is 11.1 Å². The van der Waals surface area contributed by atoms with E-state index in [-0.39, 0.29) is 71.7 Å². The first-order valence-electron chi connectivity index (χ1n) is 30.7. The van der Waals surface area contributed by atoms with Gasteiger partial charge in [-0.3, -0.25) is 43.7 Å². The number of benzene rings is 3. The zero-order valence-electron chi connectivity index (χ0n) is 52.1. The number of likely N-dealkylation sites (N-methyl/N-ethyl adjacent to an activating group) is 1. The van der Waals surface area contributed by atoms with Gasteiger partial charge in [0.15, 0.2) is 10.8 Å². The van der Waals surface area contributed by atoms with E-state index in [1.165, 1.54) is 35.3 Å². The number of carboxylic acid groups (broad SMARTS) is 1. The van der Waals surface area contributed by atoms with Crippen LogP contribution in [0.3, 0.4) is 0 Å². The molecule has 2 bridgehead atoms. The Balaban J connectivity index is 0.692. The highest BCUT2D eigenvalue weighted by Crippen LogP contribution is 2.63. The summed E-state index contributed by atoms with van der Waals surface area (Å²) in [6.07, 6.45) is 10.6. The summed E-state index contributed by atoms with van der Waals surface area (Å²) in [5, 5.41) is 27.0. The number of nitrogens with one attached hydrogen (secondary N) is 4. The maximum atomic E-state index is 13.8. The van der Waals surface area contributed by atoms with Gasteiger partial charge in [0.2, 0.25) is 17.7 Å². The number of carboxylic acids is 1. The molecule has 90 heavy (non-hydrogen) atoms. The van der Waals surface area contributed by atoms with Crippen LogP contribution in [-0.2, 0) is 59.6 Å². The summed E-state index contributed by atoms with van der Waals surface area (Å²) in [5.41, 5.74) is 5.55. The van der Waals surface area contributed by atoms with Gasteiger partial charge in [0, 0.05) is 86.4 Å². The molecule has 4 aliphatic rings. The molecule has 2 aliphatic carbocycles. The van der Waals surface area contributed by atoms with Gasteiger partial charge >= 0.3 is 12.1 Å². The summed E-state index contributed by atoms with van der Waals surface area (Å²) in [7, 11) is 1.68. The second kappa shape index (κ2) is 26.7. The van der Waals surface area contributed by atoms with Crippen molar-refractivity contribution in [1.82, 2.24) is 40.2 Å². The highest BCUT2D eigenvalue weighted by atomic mass is 32.1. The summed E-state index contributed by atoms with van der Waals surface area (Å²) in [6, 6.07) is 23.0. The SMILES string of the molecule is Cc1c(-c2ccc(N3CCc4cccc(C(=O)Nc5nc6ccccc6s5)c4C3)nc2C(=O)O)cnn1CC1(C)CC2(C)CC(C)(C)CC(OCCN(C)C(=O)OCc3ccc(NC(=O)C(C)NC(=O)CNC(=O)CCCCCN4C(=O)C=CC4=O)cc3)(C1)C2. The maximum Gasteiger partial charge on any atom is 0.409 e. The summed E-state index contributed by atoms with van der Waals surface area (Å²) in [4.78, 5) is 115. The number of hydrogen-bond donors (Lipinski definition) is 5. The molecular formula is C67H79N11O11S. The number of imide groups is 1. The maximum absolute atomic E-state index is 13.8. The van der Waals surface area contributed by atoms with E-state index < -0.39 is 35.5 Å². The van der Waals surface area contributed by atoms with Crippen LogP contribution in [0.25, 0.3) is 21.3 Å². The Bertz CT molecular complexity index is 3730. The highest BCUT2D eigenvalue weighted by molar-refractivity contribution is 7.22. The molecule has 6 aromatic rings. The smallest absolute Gasteiger partial charge is 0.409 e. The fourth-order valence-corrected chi connectivity index (χ4v) is 15.2. The van der Waals surface area contributed by atoms with E-state index in [4.69, 9.17) is 19.6 Å². The van der Waals surface area contributed by atoms with Crippen molar-refractivity contribution < 1.29 is 52.9 Å². The van der Waals surface area contributed by atoms with Crippen molar-refractivity contribution in [2.24, 2.45) is 16.2 Å². The number of aromatic carboxylic acids is 1. The van der Waals surface area contributed by atoms with Crippen LogP contribution >= 0.6 is 11.3 Å². The zero-order chi connectivity index (χ0) is 64.1. The first-order chi connectivity index (χ1) is 42.9. The Morgan fingerprint density at radius 1 is 0.822 bits per heavy atom. The van der Waals surface area contributed by atoms with Gasteiger partial charge in [-0.15, -0.1) is 0 Å². The number of fused-ring (bicyclic) bond motifs is 4. The molecule has 2 fully saturated rings. The quantitative estimate of drug-likeness (QED) is 0.0279. The van der Waals surface area contributed by atoms with Crippen molar-refractivity contribution in [3.05, 3.63) is 131 Å². The standard InChI is InChI=1S/C67H79N11O11S/c1-42(70-55(80)33-68-54(79)18-9-8-12-28-77-56(81)25-26-57(77)82)59(83)71-46-21-19-44(20-22-46)35-88-63(87)75(7)30-31-89-67-37-64(3,4)36-65(5,39-67)38-66(6,40-67)41-78-43(2)49(32-69-78)47-23-24-53(73-58(47)61(85)86)76-29-27-45-14-13-15-48(50(45)34-76)60(84)74-62-72-51-16-10-11-17-52(51)90-62/h10-11,13-17,19-26,32,42H,8-9,12,18,27-31,33-41H2,1-7H3,(H,68,79)(H,70,80)(H,71,83)(H,85,86)(H,72,74,84). The Morgan fingerprint density at radius 2 is 1.59 bits per heavy atom. The van der Waals surface area contributed by atoms with Crippen LogP contribution in [0.1, 0.15) is 136 Å². The number of unbranched alkanes of at least 4 members (excludes halogenated alkanes) is 2. The Labute approximate surface area is 527 Å². The molecule has 5 heterocycles. The molecule has 4 unspecified atom stereocenters. The van der Waals surface area contributed by atoms with Crippen molar-refractivity contribution in [3.63, 3.8) is 0 Å². The lowest BCUT2D eigenvalue weighted by Gasteiger charge is -2.61. The second-order valence-electron chi connectivity index (χ2n) is 26.1. The van der Waals surface area contributed by atoms with Gasteiger partial charge in [0.1, 0.15) is 18.5 Å². The molecular weight excluding hydrogens is 1170 g/mol. The average Bonchev–Trinajstić information content (AvgIpc) is 0.771. The number of rotatable bonds is 24. The van der Waals surface area contributed by atoms with Crippen LogP contribution in [0.2, 0.25) is 0 Å². The second-order valence-corrected chi connectivity index (χ2v) is 27.2. The number of nitrogens with zero attached hydrogens (tertiary/aromatic N) is 7. The summed E-state index contributed by atoms with van der Waals surface area (Å²) < 4.78 is 15.7. The third-order valence-electron chi connectivity index (χ3n) is 17.6. The average molecular weight is 1250 g/mol. The summed E-state index contributed by atoms with van der Waals surface area (Å²) in [5.74, 6) is -2.93. The molecule has 23 heteroatoms. The molecule has 0 saturated heterocycles. The molecule has 3 aromatic heterocycles. The fraction of sp³-hybridized carbons (Fsp3) is 0.448. The number of aromatic nitrogens is 4. The van der Waals surface area contributed by atoms with Crippen LogP contribution in [0.15, 0.2) is 97.2 Å². The van der Waals surface area contributed by atoms with Crippen LogP contribution in [0.4, 0.5) is 21.4 Å². The van der Waals surface area contributed by atoms with Gasteiger partial charge in [0.05, 0.1) is 35.2 Å². The van der Waals surface area contributed by atoms with Crippen LogP contribution < -0.4 is 26.2 Å². The highest BCUT2D eigenvalue weighted by Gasteiger charge is 2.58. The van der Waals surface area contributed by atoms with Gasteiger partial charge in [-0.1, -0.05) is 81.9 Å². The number of anilines is 3. The van der Waals surface area contributed by atoms with Gasteiger partial charge in [-0.25, -0.2) is 19.6 Å². The van der Waals surface area contributed by atoms with Crippen LogP contribution in [0.5, 0.6) is 0 Å². The van der Waals surface area contributed by atoms with Crippen molar-refractivity contribution in [1.29, 1.82) is 0 Å². The summed E-state index contributed by atoms with van der Waals surface area (Å²) in [6.45, 7) is 14.8. The molecule has 3 aromatic carbocycles. The van der Waals surface area contributed by atoms with E-state index in [9.17, 15) is 43.5 Å². The van der Waals surface area contributed by atoms with Crippen molar-refractivity contribution in [2.45, 2.75) is 137 Å². The third kappa shape index (κ3) is 15.2. The summed E-state index contributed by atoms with van der Waals surface area (Å²) >= 11 is 1.42. The molecule has 0 spiro atoms. The molecule has 474 valence electrons. The fourth-order valence-electron chi connectivity index (χ4n) is 14.4. The van der Waals surface area contributed by atoms with Gasteiger partial charge < -0.3 is 40.3 Å². The van der Waals surface area contributed by atoms with E-state index in [0.29, 0.717) is 97.4 Å². The van der Waals surface area contributed by atoms with E-state index in [1.54, 1.807) is 37.5 Å². The van der Waals surface area contributed by atoms with E-state index in [2.05, 4.69) is 53.9 Å². The topological polar surface area (TPSA) is 277 Å². The zero-order valence-corrected chi connectivity index (χ0v) is 52.9. The van der Waals surface area contributed by atoms with Crippen molar-refractivity contribution in [2.75, 3.05) is 55.4 Å². The number of hydrogen-bond acceptors (Lipinski definition) is 15. The molecule has 10 rings (SSSR count). The Kier molecular flexibility index (Phi) is 19.0. The van der Waals surface area contributed by atoms with E-state index in [0.717, 1.165) is 64.0 Å². The number of carbonyl (C=O) groups is 8. The number of carbonyl (C=O) groups excluding carboxylic acids is 7. The lowest BCUT2D eigenvalue weighted by molar-refractivity contribution is -0.194. The first kappa shape index (κ1) is 64.2. The normalized spacial score (nSPS) is 20.3. The monoisotopic (exact) mass is 1250 g/mol. The number of pyridine rings is 1. The predicted molar refractivity (Wildman–Crippen MR) is 341 cm³/mol. The molecule has 0 radical (unpaired) electrons. The molecule has 5 N–H and O–H groups in total. The van der Waals surface area contributed by atoms with Crippen LogP contribution in [-0.4, -0.2) is 134 Å². The number of amides is 7. The molecule has 2 saturated carbocycles. The van der Waals surface area contributed by atoms with Gasteiger partial charge in [-0.2, -0.15) is 5.10 Å². The minimum atomic E-state index is -1.15. The predicted octanol–water partition coefficient (Wildman–Crippen LogP) is 9.46. The largest absolute Gasteiger partial charge is 0.476 e. The number of ether oxygens (including phenoxy) is 2. The Morgan fingerprint density at radius 3 is 2.34 bits per heavy atom. The molecule has 4 atom stereocenters. The number of para-hydroxylation sites is 1. The third-order valence-corrected chi connectivity index (χ3v) is 18.5. The van der Waals surface area contributed by atoms with Gasteiger partial charge in [0.25, 0.3) is 17.7 Å². The first-order valence-corrected chi connectivity index (χ1v) is 31.5. The Hall–Kier alpha value is -8.83. The molecule has 2 aliphatic heterocycles. The molecule has 22 nitrogen and oxygen atoms in total. The minimum Gasteiger partial charge on any atom is -0.476 e. The molecule has 7 amide bonds. The van der Waals surface area contributed by atoms with Crippen LogP contribution in [0, 0.1) is 23.2 Å². The minimum absolute atomic E-state index is 0.00467. The van der Waals surface area contributed by atoms with Crippen molar-refractivity contribution >= 4 is 85.7 Å². The number of thiazole rings is 1. The lowest BCUT2D eigenvalue weighted by Crippen LogP contribution is -2.57. The lowest BCUT2D eigenvalue weighted by atomic mass is 9.48. The van der Waals surface area contributed by atoms with Gasteiger partial charge in [-0.05, 0) is 141 Å². The van der Waals surface area contributed by atoms with E-state index >= 15 is 0 Å².